The SMILES string of the molecule is CC(C)CCOC(=O)OC(C)CC(c1ccc(OC(=O)OCC(C)C)c(OC(=O)OCC(C)C)c1)[C@H](N)C(=O)O. The molecule has 3 atom stereocenters. The number of ether oxygens (including phenoxy) is 6. The highest BCUT2D eigenvalue weighted by Gasteiger charge is 2.30. The number of carbonyl (C=O) groups is 4. The summed E-state index contributed by atoms with van der Waals surface area (Å²) in [7, 11) is 0. The molecule has 3 N–H and O–H groups in total. The van der Waals surface area contributed by atoms with Crippen LogP contribution < -0.4 is 15.2 Å². The molecule has 12 nitrogen and oxygen atoms in total. The van der Waals surface area contributed by atoms with E-state index in [0.717, 1.165) is 0 Å². The Bertz CT molecular complexity index is 977. The van der Waals surface area contributed by atoms with Crippen molar-refractivity contribution in [3.63, 3.8) is 0 Å². The van der Waals surface area contributed by atoms with Crippen molar-refractivity contribution < 1.29 is 52.7 Å². The maximum atomic E-state index is 12.3. The van der Waals surface area contributed by atoms with Crippen molar-refractivity contribution >= 4 is 24.4 Å². The van der Waals surface area contributed by atoms with Gasteiger partial charge in [0.05, 0.1) is 19.8 Å². The van der Waals surface area contributed by atoms with E-state index in [4.69, 9.17) is 34.2 Å². The Balaban J connectivity index is 3.22. The molecule has 1 aromatic carbocycles. The van der Waals surface area contributed by atoms with Gasteiger partial charge < -0.3 is 39.3 Å². The molecule has 1 rings (SSSR count). The zero-order valence-electron chi connectivity index (χ0n) is 24.3. The molecule has 0 spiro atoms. The summed E-state index contributed by atoms with van der Waals surface area (Å²) in [6.07, 6.45) is -3.05. The highest BCUT2D eigenvalue weighted by atomic mass is 16.7. The van der Waals surface area contributed by atoms with Crippen LogP contribution in [0.25, 0.3) is 0 Å². The number of hydrogen-bond acceptors (Lipinski definition) is 11. The molecular weight excluding hydrogens is 526 g/mol. The van der Waals surface area contributed by atoms with E-state index in [1.165, 1.54) is 18.2 Å². The molecule has 0 heterocycles. The van der Waals surface area contributed by atoms with Crippen molar-refractivity contribution in [3.05, 3.63) is 23.8 Å². The summed E-state index contributed by atoms with van der Waals surface area (Å²) in [5.74, 6) is -2.12. The van der Waals surface area contributed by atoms with Crippen LogP contribution in [0.15, 0.2) is 18.2 Å². The van der Waals surface area contributed by atoms with Crippen molar-refractivity contribution in [1.82, 2.24) is 0 Å². The number of benzene rings is 1. The minimum atomic E-state index is -1.41. The van der Waals surface area contributed by atoms with Gasteiger partial charge in [-0.05, 0) is 55.2 Å². The number of aliphatic carboxylic acids is 1. The summed E-state index contributed by atoms with van der Waals surface area (Å²) in [6.45, 7) is 13.3. The molecule has 2 unspecified atom stereocenters. The quantitative estimate of drug-likeness (QED) is 0.155. The lowest BCUT2D eigenvalue weighted by Crippen LogP contribution is -2.38. The third-order valence-corrected chi connectivity index (χ3v) is 5.37. The molecule has 0 amide bonds. The van der Waals surface area contributed by atoms with E-state index >= 15 is 0 Å². The standard InChI is InChI=1S/C28H43NO11/c1-16(2)10-11-35-26(32)38-19(7)12-21(24(29)25(30)31)20-8-9-22(39-27(33)36-14-17(3)4)23(13-20)40-28(34)37-15-18(5)6/h8-9,13,16-19,21,24H,10-12,14-15,29H2,1-7H3,(H,30,31)/t19?,21?,24-/m0/s1. The number of carbonyl (C=O) groups excluding carboxylic acids is 3. The van der Waals surface area contributed by atoms with Gasteiger partial charge in [-0.3, -0.25) is 4.79 Å². The second-order valence-corrected chi connectivity index (χ2v) is 10.7. The van der Waals surface area contributed by atoms with Crippen molar-refractivity contribution in [2.75, 3.05) is 19.8 Å². The Kier molecular flexibility index (Phi) is 14.8. The van der Waals surface area contributed by atoms with Gasteiger partial charge in [-0.15, -0.1) is 0 Å². The van der Waals surface area contributed by atoms with E-state index in [-0.39, 0.29) is 49.6 Å². The van der Waals surface area contributed by atoms with Crippen LogP contribution in [0, 0.1) is 17.8 Å². The highest BCUT2D eigenvalue weighted by molar-refractivity contribution is 5.75. The molecule has 0 saturated heterocycles. The Morgan fingerprint density at radius 1 is 0.775 bits per heavy atom. The minimum absolute atomic E-state index is 0.000612. The van der Waals surface area contributed by atoms with Gasteiger partial charge in [0.25, 0.3) is 0 Å². The first-order valence-electron chi connectivity index (χ1n) is 13.3. The summed E-state index contributed by atoms with van der Waals surface area (Å²) < 4.78 is 31.0. The number of nitrogens with two attached hydrogens (primary N) is 1. The number of carboxylic acid groups (broad SMARTS) is 1. The molecule has 0 aromatic heterocycles. The Hall–Kier alpha value is -3.54. The molecule has 0 bridgehead atoms. The van der Waals surface area contributed by atoms with Gasteiger partial charge in [0, 0.05) is 5.92 Å². The first kappa shape index (κ1) is 34.5. The average Bonchev–Trinajstić information content (AvgIpc) is 2.85. The Labute approximate surface area is 235 Å². The zero-order valence-corrected chi connectivity index (χ0v) is 24.3. The van der Waals surface area contributed by atoms with Crippen LogP contribution in [0.4, 0.5) is 14.4 Å². The molecule has 1 aromatic rings. The highest BCUT2D eigenvalue weighted by Crippen LogP contribution is 2.35. The van der Waals surface area contributed by atoms with Crippen LogP contribution in [0.3, 0.4) is 0 Å². The predicted molar refractivity (Wildman–Crippen MR) is 144 cm³/mol. The van der Waals surface area contributed by atoms with Gasteiger partial charge in [-0.1, -0.05) is 47.6 Å². The number of rotatable bonds is 15. The van der Waals surface area contributed by atoms with Crippen LogP contribution in [0.1, 0.15) is 72.8 Å². The number of carboxylic acids is 1. The Morgan fingerprint density at radius 2 is 1.32 bits per heavy atom. The fraction of sp³-hybridized carbons (Fsp3) is 0.643. The molecular formula is C28H43NO11. The molecule has 0 saturated carbocycles. The molecule has 0 fully saturated rings. The molecule has 0 aliphatic rings. The summed E-state index contributed by atoms with van der Waals surface area (Å²) >= 11 is 0. The summed E-state index contributed by atoms with van der Waals surface area (Å²) in [4.78, 5) is 48.4. The van der Waals surface area contributed by atoms with E-state index in [1.807, 2.05) is 41.5 Å². The van der Waals surface area contributed by atoms with Crippen LogP contribution in [0.5, 0.6) is 11.5 Å². The average molecular weight is 570 g/mol. The second-order valence-electron chi connectivity index (χ2n) is 10.7. The lowest BCUT2D eigenvalue weighted by Gasteiger charge is -2.25. The number of hydrogen-bond donors (Lipinski definition) is 2. The van der Waals surface area contributed by atoms with Gasteiger partial charge in [0.1, 0.15) is 12.1 Å². The monoisotopic (exact) mass is 569 g/mol. The predicted octanol–water partition coefficient (Wildman–Crippen LogP) is 5.50. The molecule has 0 aliphatic carbocycles. The Morgan fingerprint density at radius 3 is 1.82 bits per heavy atom. The van der Waals surface area contributed by atoms with Gasteiger partial charge >= 0.3 is 24.4 Å². The van der Waals surface area contributed by atoms with E-state index in [1.54, 1.807) is 6.92 Å². The lowest BCUT2D eigenvalue weighted by molar-refractivity contribution is -0.139. The van der Waals surface area contributed by atoms with Gasteiger partial charge in [0.2, 0.25) is 0 Å². The maximum absolute atomic E-state index is 12.3. The van der Waals surface area contributed by atoms with Crippen LogP contribution in [-0.4, -0.2) is 61.5 Å². The molecule has 40 heavy (non-hydrogen) atoms. The van der Waals surface area contributed by atoms with E-state index in [2.05, 4.69) is 0 Å². The van der Waals surface area contributed by atoms with E-state index in [9.17, 15) is 24.3 Å². The summed E-state index contributed by atoms with van der Waals surface area (Å²) in [5.41, 5.74) is 6.32. The lowest BCUT2D eigenvalue weighted by atomic mass is 9.87. The topological polar surface area (TPSA) is 170 Å². The van der Waals surface area contributed by atoms with Crippen LogP contribution in [0.2, 0.25) is 0 Å². The fourth-order valence-electron chi connectivity index (χ4n) is 3.27. The third-order valence-electron chi connectivity index (χ3n) is 5.37. The normalized spacial score (nSPS) is 13.4. The second kappa shape index (κ2) is 17.2. The fourth-order valence-corrected chi connectivity index (χ4v) is 3.27. The van der Waals surface area contributed by atoms with Crippen LogP contribution >= 0.6 is 0 Å². The van der Waals surface area contributed by atoms with E-state index in [0.29, 0.717) is 17.9 Å². The molecule has 0 aliphatic heterocycles. The zero-order chi connectivity index (χ0) is 30.4. The molecule has 0 radical (unpaired) electrons. The third kappa shape index (κ3) is 13.5. The minimum Gasteiger partial charge on any atom is -0.480 e. The van der Waals surface area contributed by atoms with Crippen molar-refractivity contribution in [3.8, 4) is 11.5 Å². The van der Waals surface area contributed by atoms with Gasteiger partial charge in [-0.25, -0.2) is 14.4 Å². The van der Waals surface area contributed by atoms with Gasteiger partial charge in [0.15, 0.2) is 11.5 Å². The molecule has 226 valence electrons. The first-order chi connectivity index (χ1) is 18.7. The van der Waals surface area contributed by atoms with Gasteiger partial charge in [-0.2, -0.15) is 0 Å². The smallest absolute Gasteiger partial charge is 0.480 e. The van der Waals surface area contributed by atoms with Crippen molar-refractivity contribution in [2.24, 2.45) is 23.5 Å². The summed E-state index contributed by atoms with van der Waals surface area (Å²) in [5, 5.41) is 9.64. The van der Waals surface area contributed by atoms with E-state index < -0.39 is 42.5 Å². The maximum Gasteiger partial charge on any atom is 0.513 e. The summed E-state index contributed by atoms with van der Waals surface area (Å²) in [6, 6.07) is 2.71. The van der Waals surface area contributed by atoms with Crippen LogP contribution in [-0.2, 0) is 23.7 Å². The molecule has 12 heteroatoms. The van der Waals surface area contributed by atoms with Crippen molar-refractivity contribution in [2.45, 2.75) is 79.4 Å². The van der Waals surface area contributed by atoms with Crippen molar-refractivity contribution in [1.29, 1.82) is 0 Å². The largest absolute Gasteiger partial charge is 0.513 e. The first-order valence-corrected chi connectivity index (χ1v) is 13.3.